The van der Waals surface area contributed by atoms with Crippen molar-refractivity contribution in [1.82, 2.24) is 5.48 Å². The van der Waals surface area contributed by atoms with E-state index in [1.165, 1.54) is 18.5 Å². The van der Waals surface area contributed by atoms with Gasteiger partial charge in [0.15, 0.2) is 5.78 Å². The Morgan fingerprint density at radius 1 is 1.09 bits per heavy atom. The van der Waals surface area contributed by atoms with E-state index in [2.05, 4.69) is 5.32 Å². The Morgan fingerprint density at radius 3 is 2.44 bits per heavy atom. The van der Waals surface area contributed by atoms with E-state index in [1.807, 2.05) is 6.92 Å². The minimum atomic E-state index is -0.688. The van der Waals surface area contributed by atoms with Crippen molar-refractivity contribution in [2.75, 3.05) is 18.5 Å². The van der Waals surface area contributed by atoms with Gasteiger partial charge in [-0.15, -0.1) is 0 Å². The van der Waals surface area contributed by atoms with Crippen LogP contribution in [0.5, 0.6) is 5.75 Å². The van der Waals surface area contributed by atoms with E-state index in [0.717, 1.165) is 0 Å². The summed E-state index contributed by atoms with van der Waals surface area (Å²) in [4.78, 5) is 35.3. The third-order valence-corrected chi connectivity index (χ3v) is 5.03. The number of hydroxylamine groups is 1. The fourth-order valence-corrected chi connectivity index (χ4v) is 3.28. The largest absolute Gasteiger partial charge is 0.491 e. The molecule has 4 N–H and O–H groups in total. The monoisotopic (exact) mass is 470 g/mol. The molecule has 0 aliphatic carbocycles. The molecule has 0 radical (unpaired) electrons. The van der Waals surface area contributed by atoms with Crippen LogP contribution in [0.1, 0.15) is 48.7 Å². The number of para-hydroxylation sites is 1. The minimum Gasteiger partial charge on any atom is -0.491 e. The molecule has 2 rings (SSSR count). The second-order valence-electron chi connectivity index (χ2n) is 7.63. The number of allylic oxidation sites excluding steroid dienone is 1. The average molecular weight is 471 g/mol. The number of hydrogen-bond acceptors (Lipinski definition) is 7. The second-order valence-corrected chi connectivity index (χ2v) is 7.63. The molecule has 34 heavy (non-hydrogen) atoms. The lowest BCUT2D eigenvalue weighted by Gasteiger charge is -2.26. The van der Waals surface area contributed by atoms with Crippen LogP contribution in [0.25, 0.3) is 0 Å². The van der Waals surface area contributed by atoms with Crippen LogP contribution in [0.2, 0.25) is 0 Å². The highest BCUT2D eigenvalue weighted by Crippen LogP contribution is 2.35. The molecule has 0 bridgehead atoms. The van der Waals surface area contributed by atoms with E-state index in [4.69, 9.17) is 19.8 Å². The highest BCUT2D eigenvalue weighted by atomic mass is 16.6. The molecule has 9 nitrogen and oxygen atoms in total. The van der Waals surface area contributed by atoms with Crippen molar-refractivity contribution in [2.24, 2.45) is 5.92 Å². The van der Waals surface area contributed by atoms with Crippen LogP contribution in [0.4, 0.5) is 10.5 Å². The van der Waals surface area contributed by atoms with Gasteiger partial charge in [0.1, 0.15) is 18.5 Å². The SMILES string of the molecule is CC(=O)c1ccc(NC(=O)O[C@H](c2ccccc2OCCO)[C@H](C)CC/C=C/C(=O)NO)cc1. The zero-order valence-corrected chi connectivity index (χ0v) is 19.2. The molecule has 2 atom stereocenters. The van der Waals surface area contributed by atoms with Gasteiger partial charge in [-0.2, -0.15) is 0 Å². The fraction of sp³-hybridized carbons (Fsp3) is 0.320. The summed E-state index contributed by atoms with van der Waals surface area (Å²) in [6.07, 6.45) is 2.53. The summed E-state index contributed by atoms with van der Waals surface area (Å²) in [5.74, 6) is -0.389. The Hall–Kier alpha value is -3.69. The number of nitrogens with one attached hydrogen (secondary N) is 2. The number of carbonyl (C=O) groups excluding carboxylic acids is 3. The van der Waals surface area contributed by atoms with Crippen LogP contribution in [0.3, 0.4) is 0 Å². The van der Waals surface area contributed by atoms with E-state index >= 15 is 0 Å². The normalized spacial score (nSPS) is 12.6. The summed E-state index contributed by atoms with van der Waals surface area (Å²) >= 11 is 0. The van der Waals surface area contributed by atoms with Crippen LogP contribution >= 0.6 is 0 Å². The van der Waals surface area contributed by atoms with Gasteiger partial charge >= 0.3 is 6.09 Å². The van der Waals surface area contributed by atoms with E-state index < -0.39 is 18.1 Å². The predicted molar refractivity (Wildman–Crippen MR) is 126 cm³/mol. The number of carbonyl (C=O) groups is 3. The van der Waals surface area contributed by atoms with Gasteiger partial charge < -0.3 is 14.6 Å². The van der Waals surface area contributed by atoms with Crippen molar-refractivity contribution >= 4 is 23.5 Å². The summed E-state index contributed by atoms with van der Waals surface area (Å²) in [6, 6.07) is 13.6. The van der Waals surface area contributed by atoms with Gasteiger partial charge in [0.2, 0.25) is 0 Å². The first-order valence-corrected chi connectivity index (χ1v) is 10.9. The first-order chi connectivity index (χ1) is 16.3. The third-order valence-electron chi connectivity index (χ3n) is 5.03. The molecule has 2 amide bonds. The molecule has 0 aliphatic rings. The summed E-state index contributed by atoms with van der Waals surface area (Å²) in [6.45, 7) is 3.29. The number of amides is 2. The van der Waals surface area contributed by atoms with Crippen LogP contribution in [0, 0.1) is 5.92 Å². The smallest absolute Gasteiger partial charge is 0.412 e. The van der Waals surface area contributed by atoms with Gasteiger partial charge in [-0.1, -0.05) is 31.2 Å². The molecule has 0 saturated heterocycles. The average Bonchev–Trinajstić information content (AvgIpc) is 2.84. The molecule has 0 fully saturated rings. The van der Waals surface area contributed by atoms with Gasteiger partial charge in [0.05, 0.1) is 6.61 Å². The number of Topliss-reactive ketones (excluding diaryl/α,β-unsaturated/α-hetero) is 1. The second kappa shape index (κ2) is 13.8. The summed E-state index contributed by atoms with van der Waals surface area (Å²) in [5, 5.41) is 20.4. The number of ketones is 1. The molecule has 0 unspecified atom stereocenters. The maximum Gasteiger partial charge on any atom is 0.412 e. The van der Waals surface area contributed by atoms with Crippen molar-refractivity contribution in [3.63, 3.8) is 0 Å². The van der Waals surface area contributed by atoms with Crippen LogP contribution < -0.4 is 15.5 Å². The maximum atomic E-state index is 12.7. The Bertz CT molecular complexity index is 989. The number of rotatable bonds is 12. The number of hydrogen-bond donors (Lipinski definition) is 4. The molecule has 2 aromatic rings. The minimum absolute atomic E-state index is 0.0759. The highest BCUT2D eigenvalue weighted by molar-refractivity contribution is 5.95. The molecular formula is C25H30N2O7. The highest BCUT2D eigenvalue weighted by Gasteiger charge is 2.26. The van der Waals surface area contributed by atoms with Gasteiger partial charge in [-0.05, 0) is 56.0 Å². The quantitative estimate of drug-likeness (QED) is 0.159. The van der Waals surface area contributed by atoms with E-state index in [9.17, 15) is 14.4 Å². The Kier molecular flexibility index (Phi) is 10.8. The van der Waals surface area contributed by atoms with E-state index in [-0.39, 0.29) is 24.9 Å². The molecule has 9 heteroatoms. The summed E-state index contributed by atoms with van der Waals surface area (Å²) in [7, 11) is 0. The Labute approximate surface area is 198 Å². The van der Waals surface area contributed by atoms with Crippen molar-refractivity contribution in [3.05, 3.63) is 71.8 Å². The fourth-order valence-electron chi connectivity index (χ4n) is 3.28. The first kappa shape index (κ1) is 26.6. The number of aliphatic hydroxyl groups is 1. The van der Waals surface area contributed by atoms with Crippen molar-refractivity contribution < 1.29 is 34.2 Å². The summed E-state index contributed by atoms with van der Waals surface area (Å²) in [5.41, 5.74) is 3.18. The first-order valence-electron chi connectivity index (χ1n) is 10.9. The van der Waals surface area contributed by atoms with Gasteiger partial charge in [-0.3, -0.25) is 20.1 Å². The van der Waals surface area contributed by atoms with Crippen molar-refractivity contribution in [3.8, 4) is 5.75 Å². The van der Waals surface area contributed by atoms with Crippen molar-refractivity contribution in [2.45, 2.75) is 32.8 Å². The van der Waals surface area contributed by atoms with Crippen LogP contribution in [-0.4, -0.2) is 41.3 Å². The number of aliphatic hydroxyl groups excluding tert-OH is 1. The van der Waals surface area contributed by atoms with Crippen molar-refractivity contribution in [1.29, 1.82) is 0 Å². The molecule has 0 saturated carbocycles. The molecular weight excluding hydrogens is 440 g/mol. The lowest BCUT2D eigenvalue weighted by molar-refractivity contribution is -0.124. The van der Waals surface area contributed by atoms with E-state index in [1.54, 1.807) is 54.6 Å². The Balaban J connectivity index is 2.19. The van der Waals surface area contributed by atoms with Gasteiger partial charge in [0, 0.05) is 22.9 Å². The maximum absolute atomic E-state index is 12.7. The van der Waals surface area contributed by atoms with Crippen LogP contribution in [0.15, 0.2) is 60.7 Å². The standard InChI is InChI=1S/C25H30N2O7/c1-17(7-3-6-10-23(30)27-32)24(21-8-4-5-9-22(21)33-16-15-28)34-25(31)26-20-13-11-19(12-14-20)18(2)29/h4-6,8-14,17,24,28,32H,3,7,15-16H2,1-2H3,(H,26,31)(H,27,30)/b10-6+/t17-,24+/m1/s1. The Morgan fingerprint density at radius 2 is 1.79 bits per heavy atom. The van der Waals surface area contributed by atoms with Gasteiger partial charge in [-0.25, -0.2) is 10.3 Å². The molecule has 2 aromatic carbocycles. The molecule has 0 spiro atoms. The summed E-state index contributed by atoms with van der Waals surface area (Å²) < 4.78 is 11.4. The molecule has 0 heterocycles. The number of ether oxygens (including phenoxy) is 2. The van der Waals surface area contributed by atoms with E-state index in [0.29, 0.717) is 35.4 Å². The predicted octanol–water partition coefficient (Wildman–Crippen LogP) is 4.03. The number of anilines is 1. The van der Waals surface area contributed by atoms with Crippen LogP contribution in [-0.2, 0) is 9.53 Å². The molecule has 0 aliphatic heterocycles. The third kappa shape index (κ3) is 8.34. The zero-order chi connectivity index (χ0) is 24.9. The zero-order valence-electron chi connectivity index (χ0n) is 19.2. The molecule has 182 valence electrons. The topological polar surface area (TPSA) is 134 Å². The number of benzene rings is 2. The lowest BCUT2D eigenvalue weighted by atomic mass is 9.92. The molecule has 0 aromatic heterocycles. The van der Waals surface area contributed by atoms with Gasteiger partial charge in [0.25, 0.3) is 5.91 Å². The lowest BCUT2D eigenvalue weighted by Crippen LogP contribution is -2.23.